The number of anilines is 1. The van der Waals surface area contributed by atoms with Gasteiger partial charge in [0.1, 0.15) is 5.92 Å². The van der Waals surface area contributed by atoms with E-state index in [0.29, 0.717) is 11.3 Å². The molecule has 1 atom stereocenters. The van der Waals surface area contributed by atoms with Crippen LogP contribution in [0.4, 0.5) is 5.69 Å². The van der Waals surface area contributed by atoms with Crippen molar-refractivity contribution in [3.63, 3.8) is 0 Å². The minimum Gasteiger partial charge on any atom is -0.481 e. The first kappa shape index (κ1) is 13.8. The summed E-state index contributed by atoms with van der Waals surface area (Å²) >= 11 is 0. The number of carboxylic acids is 1. The Morgan fingerprint density at radius 2 is 2.05 bits per heavy atom. The Morgan fingerprint density at radius 3 is 2.63 bits per heavy atom. The number of hydrogen-bond acceptors (Lipinski definition) is 3. The van der Waals surface area contributed by atoms with Crippen LogP contribution in [0.2, 0.25) is 0 Å². The molecule has 0 fully saturated rings. The number of fused-ring (bicyclic) bond motifs is 1. The van der Waals surface area contributed by atoms with E-state index in [1.807, 2.05) is 0 Å². The van der Waals surface area contributed by atoms with E-state index in [1.54, 1.807) is 38.1 Å². The summed E-state index contributed by atoms with van der Waals surface area (Å²) in [6, 6.07) is 6.43. The average molecular weight is 284 g/mol. The van der Waals surface area contributed by atoms with E-state index >= 15 is 0 Å². The second-order valence-corrected chi connectivity index (χ2v) is 6.38. The van der Waals surface area contributed by atoms with Gasteiger partial charge in [-0.15, -0.1) is 0 Å². The van der Waals surface area contributed by atoms with Crippen LogP contribution < -0.4 is 9.03 Å². The van der Waals surface area contributed by atoms with Crippen LogP contribution in [-0.4, -0.2) is 32.1 Å². The third-order valence-corrected chi connectivity index (χ3v) is 4.60. The molecular formula is C12H16N2O4S. The van der Waals surface area contributed by atoms with Gasteiger partial charge in [0.25, 0.3) is 0 Å². The minimum atomic E-state index is -3.72. The first-order chi connectivity index (χ1) is 8.83. The van der Waals surface area contributed by atoms with Crippen molar-refractivity contribution in [1.82, 2.24) is 4.72 Å². The van der Waals surface area contributed by atoms with Gasteiger partial charge in [-0.05, 0) is 25.5 Å². The highest BCUT2D eigenvalue weighted by atomic mass is 32.2. The summed E-state index contributed by atoms with van der Waals surface area (Å²) in [5, 5.41) is 9.18. The summed E-state index contributed by atoms with van der Waals surface area (Å²) in [6.07, 6.45) is 0. The molecule has 6 nitrogen and oxygen atoms in total. The second kappa shape index (κ2) is 4.82. The van der Waals surface area contributed by atoms with Crippen molar-refractivity contribution >= 4 is 21.9 Å². The van der Waals surface area contributed by atoms with Gasteiger partial charge in [-0.25, -0.2) is 0 Å². The maximum atomic E-state index is 12.2. The quantitative estimate of drug-likeness (QED) is 0.860. The third-order valence-electron chi connectivity index (χ3n) is 2.90. The summed E-state index contributed by atoms with van der Waals surface area (Å²) in [7, 11) is -3.72. The van der Waals surface area contributed by atoms with Crippen molar-refractivity contribution in [3.05, 3.63) is 29.8 Å². The zero-order chi connectivity index (χ0) is 14.2. The Labute approximate surface area is 112 Å². The van der Waals surface area contributed by atoms with Crippen LogP contribution in [0.25, 0.3) is 0 Å². The molecule has 0 aliphatic carbocycles. The van der Waals surface area contributed by atoms with Crippen LogP contribution in [0.1, 0.15) is 25.3 Å². The molecule has 1 aliphatic rings. The van der Waals surface area contributed by atoms with Crippen LogP contribution >= 0.6 is 0 Å². The summed E-state index contributed by atoms with van der Waals surface area (Å²) in [5.74, 6) is -1.84. The number of benzene rings is 1. The molecule has 104 valence electrons. The van der Waals surface area contributed by atoms with Crippen molar-refractivity contribution in [2.45, 2.75) is 25.8 Å². The Bertz CT molecular complexity index is 598. The van der Waals surface area contributed by atoms with E-state index in [2.05, 4.69) is 4.72 Å². The lowest BCUT2D eigenvalue weighted by Crippen LogP contribution is -2.43. The lowest BCUT2D eigenvalue weighted by molar-refractivity contribution is -0.138. The number of carboxylic acid groups (broad SMARTS) is 1. The van der Waals surface area contributed by atoms with Crippen LogP contribution in [0, 0.1) is 0 Å². The van der Waals surface area contributed by atoms with Crippen molar-refractivity contribution in [1.29, 1.82) is 0 Å². The molecule has 19 heavy (non-hydrogen) atoms. The molecule has 0 spiro atoms. The monoisotopic (exact) mass is 284 g/mol. The van der Waals surface area contributed by atoms with Gasteiger partial charge in [-0.2, -0.15) is 13.1 Å². The summed E-state index contributed by atoms with van der Waals surface area (Å²) in [6.45, 7) is 3.36. The van der Waals surface area contributed by atoms with E-state index in [4.69, 9.17) is 0 Å². The summed E-state index contributed by atoms with van der Waals surface area (Å²) < 4.78 is 28.0. The van der Waals surface area contributed by atoms with E-state index < -0.39 is 22.1 Å². The van der Waals surface area contributed by atoms with Crippen molar-refractivity contribution in [2.24, 2.45) is 0 Å². The lowest BCUT2D eigenvalue weighted by atomic mass is 10.0. The van der Waals surface area contributed by atoms with E-state index in [9.17, 15) is 18.3 Å². The van der Waals surface area contributed by atoms with Crippen molar-refractivity contribution < 1.29 is 18.3 Å². The fraction of sp³-hybridized carbons (Fsp3) is 0.417. The first-order valence-corrected chi connectivity index (χ1v) is 7.38. The Hall–Kier alpha value is -1.60. The Balaban J connectivity index is 2.43. The largest absolute Gasteiger partial charge is 0.481 e. The smallest absolute Gasteiger partial charge is 0.312 e. The molecule has 0 radical (unpaired) electrons. The van der Waals surface area contributed by atoms with Gasteiger partial charge >= 0.3 is 16.2 Å². The van der Waals surface area contributed by atoms with Crippen LogP contribution in [0.3, 0.4) is 0 Å². The number of nitrogens with zero attached hydrogens (tertiary/aromatic N) is 1. The molecule has 0 amide bonds. The van der Waals surface area contributed by atoms with E-state index in [0.717, 1.165) is 4.31 Å². The Kier molecular flexibility index (Phi) is 3.51. The molecule has 1 aromatic carbocycles. The summed E-state index contributed by atoms with van der Waals surface area (Å²) in [5.41, 5.74) is 0.965. The fourth-order valence-corrected chi connectivity index (χ4v) is 3.67. The normalized spacial score (nSPS) is 18.7. The van der Waals surface area contributed by atoms with E-state index in [-0.39, 0.29) is 12.6 Å². The maximum Gasteiger partial charge on any atom is 0.312 e. The number of para-hydroxylation sites is 1. The molecule has 0 bridgehead atoms. The average Bonchev–Trinajstić information content (AvgIpc) is 2.67. The zero-order valence-corrected chi connectivity index (χ0v) is 11.5. The molecule has 2 N–H and O–H groups in total. The number of nitrogens with one attached hydrogen (secondary N) is 1. The highest BCUT2D eigenvalue weighted by molar-refractivity contribution is 7.90. The number of hydrogen-bond donors (Lipinski definition) is 2. The molecule has 7 heteroatoms. The summed E-state index contributed by atoms with van der Waals surface area (Å²) in [4.78, 5) is 11.2. The third kappa shape index (κ3) is 2.57. The standard InChI is InChI=1S/C12H16N2O4S/c1-8(2)13-19(17,18)14-7-10(12(15)16)9-5-3-4-6-11(9)14/h3-6,8,10,13H,7H2,1-2H3,(H,15,16). The maximum absolute atomic E-state index is 12.2. The van der Waals surface area contributed by atoms with Crippen molar-refractivity contribution in [3.8, 4) is 0 Å². The molecule has 1 unspecified atom stereocenters. The number of carbonyl (C=O) groups is 1. The first-order valence-electron chi connectivity index (χ1n) is 5.94. The van der Waals surface area contributed by atoms with Gasteiger partial charge in [0.05, 0.1) is 12.2 Å². The minimum absolute atomic E-state index is 0.0727. The molecular weight excluding hydrogens is 268 g/mol. The second-order valence-electron chi connectivity index (χ2n) is 4.76. The topological polar surface area (TPSA) is 86.7 Å². The molecule has 1 aromatic rings. The molecule has 0 aromatic heterocycles. The van der Waals surface area contributed by atoms with Crippen LogP contribution in [0.5, 0.6) is 0 Å². The van der Waals surface area contributed by atoms with Crippen molar-refractivity contribution in [2.75, 3.05) is 10.8 Å². The SMILES string of the molecule is CC(C)NS(=O)(=O)N1CC(C(=O)O)c2ccccc21. The van der Waals surface area contributed by atoms with Gasteiger partial charge in [0.2, 0.25) is 0 Å². The number of rotatable bonds is 4. The molecule has 0 saturated carbocycles. The van der Waals surface area contributed by atoms with Gasteiger partial charge in [0.15, 0.2) is 0 Å². The molecule has 2 rings (SSSR count). The lowest BCUT2D eigenvalue weighted by Gasteiger charge is -2.21. The number of aliphatic carboxylic acids is 1. The predicted octanol–water partition coefficient (Wildman–Crippen LogP) is 0.918. The van der Waals surface area contributed by atoms with E-state index in [1.165, 1.54) is 0 Å². The molecule has 1 aliphatic heterocycles. The molecule has 1 heterocycles. The van der Waals surface area contributed by atoms with Crippen LogP contribution in [-0.2, 0) is 15.0 Å². The highest BCUT2D eigenvalue weighted by Crippen LogP contribution is 2.37. The zero-order valence-electron chi connectivity index (χ0n) is 10.7. The van der Waals surface area contributed by atoms with Gasteiger partial charge < -0.3 is 5.11 Å². The Morgan fingerprint density at radius 1 is 1.42 bits per heavy atom. The molecule has 0 saturated heterocycles. The predicted molar refractivity (Wildman–Crippen MR) is 71.4 cm³/mol. The van der Waals surface area contributed by atoms with Gasteiger partial charge in [0, 0.05) is 6.04 Å². The van der Waals surface area contributed by atoms with Crippen LogP contribution in [0.15, 0.2) is 24.3 Å². The van der Waals surface area contributed by atoms with Gasteiger partial charge in [-0.1, -0.05) is 18.2 Å². The highest BCUT2D eigenvalue weighted by Gasteiger charge is 2.39. The van der Waals surface area contributed by atoms with Gasteiger partial charge in [-0.3, -0.25) is 9.10 Å². The fourth-order valence-electron chi connectivity index (χ4n) is 2.17.